The number of hydrogen-bond donors (Lipinski definition) is 0. The van der Waals surface area contributed by atoms with E-state index in [1.807, 2.05) is 18.3 Å². The van der Waals surface area contributed by atoms with Crippen LogP contribution in [0.4, 0.5) is 0 Å². The SMILES string of the molecule is CC(C)(C)[P+](c1cc[c-]c(-c2ccccn2)c1)(C(C)(C)C)C(C)(C)C.[Br-].[Br-].[Br-].[Ir]. The van der Waals surface area contributed by atoms with Crippen LogP contribution in [0.15, 0.2) is 42.6 Å². The van der Waals surface area contributed by atoms with E-state index >= 15 is 0 Å². The Balaban J connectivity index is -0.00000169. The third-order valence-corrected chi connectivity index (χ3v) is 12.2. The van der Waals surface area contributed by atoms with Gasteiger partial charge in [0.2, 0.25) is 0 Å². The van der Waals surface area contributed by atoms with Crippen molar-refractivity contribution in [1.29, 1.82) is 0 Å². The number of hydrogen-bond acceptors (Lipinski definition) is 1. The minimum atomic E-state index is -1.60. The summed E-state index contributed by atoms with van der Waals surface area (Å²) in [7, 11) is -1.60. The van der Waals surface area contributed by atoms with E-state index in [4.69, 9.17) is 0 Å². The maximum absolute atomic E-state index is 4.54. The van der Waals surface area contributed by atoms with Gasteiger partial charge in [0.1, 0.15) is 0 Å². The summed E-state index contributed by atoms with van der Waals surface area (Å²) in [6.07, 6.45) is 1.86. The Kier molecular flexibility index (Phi) is 14.5. The number of nitrogens with zero attached hydrogens (tertiary/aromatic N) is 1. The van der Waals surface area contributed by atoms with Gasteiger partial charge in [-0.05, 0) is 74.1 Å². The van der Waals surface area contributed by atoms with Gasteiger partial charge in [0.25, 0.3) is 0 Å². The summed E-state index contributed by atoms with van der Waals surface area (Å²) in [5.74, 6) is 0. The fourth-order valence-corrected chi connectivity index (χ4v) is 14.5. The molecular weight excluding hydrogens is 753 g/mol. The van der Waals surface area contributed by atoms with Gasteiger partial charge >= 0.3 is 0 Å². The molecule has 1 aromatic heterocycles. The Bertz CT molecular complexity index is 696. The molecule has 1 radical (unpaired) electrons. The van der Waals surface area contributed by atoms with Crippen molar-refractivity contribution >= 4 is 12.6 Å². The van der Waals surface area contributed by atoms with Crippen LogP contribution >= 0.6 is 7.26 Å². The van der Waals surface area contributed by atoms with Crippen molar-refractivity contribution in [3.05, 3.63) is 48.7 Å². The molecule has 0 aliphatic heterocycles. The second kappa shape index (κ2) is 12.2. The maximum atomic E-state index is 4.54. The van der Waals surface area contributed by atoms with E-state index < -0.39 is 7.26 Å². The van der Waals surface area contributed by atoms with Gasteiger partial charge in [-0.3, -0.25) is 0 Å². The van der Waals surface area contributed by atoms with Gasteiger partial charge in [0.05, 0.1) is 15.5 Å². The summed E-state index contributed by atoms with van der Waals surface area (Å²) in [6.45, 7) is 21.8. The van der Waals surface area contributed by atoms with Crippen LogP contribution in [-0.4, -0.2) is 20.5 Å². The third-order valence-electron chi connectivity index (χ3n) is 5.13. The molecule has 169 valence electrons. The second-order valence-corrected chi connectivity index (χ2v) is 15.7. The molecule has 2 rings (SSSR count). The topological polar surface area (TPSA) is 12.9 Å². The number of rotatable bonds is 2. The van der Waals surface area contributed by atoms with Crippen LogP contribution in [0, 0.1) is 6.07 Å². The van der Waals surface area contributed by atoms with E-state index in [-0.39, 0.29) is 86.5 Å². The molecule has 1 aromatic carbocycles. The van der Waals surface area contributed by atoms with Gasteiger partial charge in [-0.25, -0.2) is 0 Å². The molecule has 0 spiro atoms. The molecule has 29 heavy (non-hydrogen) atoms. The molecule has 1 heterocycles. The summed E-state index contributed by atoms with van der Waals surface area (Å²) < 4.78 is 0. The first-order valence-corrected chi connectivity index (χ1v) is 10.9. The molecule has 0 amide bonds. The van der Waals surface area contributed by atoms with Crippen LogP contribution in [0.3, 0.4) is 0 Å². The van der Waals surface area contributed by atoms with Crippen molar-refractivity contribution in [3.63, 3.8) is 0 Å². The Morgan fingerprint density at radius 3 is 1.62 bits per heavy atom. The number of pyridine rings is 1. The van der Waals surface area contributed by atoms with Gasteiger partial charge in [-0.2, -0.15) is 0 Å². The largest absolute Gasteiger partial charge is 1.00 e. The average molecular weight is 787 g/mol. The van der Waals surface area contributed by atoms with E-state index in [2.05, 4.69) is 97.6 Å². The minimum absolute atomic E-state index is 0. The summed E-state index contributed by atoms with van der Waals surface area (Å²) >= 11 is 0. The predicted octanol–water partition coefficient (Wildman–Crippen LogP) is -2.40. The Morgan fingerprint density at radius 1 is 0.759 bits per heavy atom. The van der Waals surface area contributed by atoms with E-state index in [0.29, 0.717) is 0 Å². The molecular formula is C23H34Br3IrNP-3. The average Bonchev–Trinajstić information content (AvgIpc) is 2.44. The molecule has 0 bridgehead atoms. The number of halogens is 3. The van der Waals surface area contributed by atoms with Crippen LogP contribution in [0.5, 0.6) is 0 Å². The monoisotopic (exact) mass is 785 g/mol. The first-order valence-electron chi connectivity index (χ1n) is 9.15. The van der Waals surface area contributed by atoms with Gasteiger partial charge in [-0.1, -0.05) is 12.1 Å². The number of aromatic nitrogens is 1. The van der Waals surface area contributed by atoms with E-state index in [1.54, 1.807) is 0 Å². The van der Waals surface area contributed by atoms with Crippen LogP contribution in [0.1, 0.15) is 62.3 Å². The van der Waals surface area contributed by atoms with E-state index in [1.165, 1.54) is 5.30 Å². The summed E-state index contributed by atoms with van der Waals surface area (Å²) in [4.78, 5) is 4.54. The summed E-state index contributed by atoms with van der Waals surface area (Å²) in [5, 5.41) is 2.09. The zero-order valence-corrected chi connectivity index (χ0v) is 27.0. The molecule has 6 heteroatoms. The fraction of sp³-hybridized carbons (Fsp3) is 0.522. The molecule has 0 aliphatic rings. The van der Waals surface area contributed by atoms with Crippen LogP contribution in [0.2, 0.25) is 0 Å². The third kappa shape index (κ3) is 6.69. The predicted molar refractivity (Wildman–Crippen MR) is 114 cm³/mol. The molecule has 1 nitrogen and oxygen atoms in total. The molecule has 0 fully saturated rings. The van der Waals surface area contributed by atoms with Crippen molar-refractivity contribution in [2.45, 2.75) is 77.8 Å². The van der Waals surface area contributed by atoms with Gasteiger partial charge in [0.15, 0.2) is 0 Å². The summed E-state index contributed by atoms with van der Waals surface area (Å²) in [5.41, 5.74) is 2.10. The number of benzene rings is 1. The van der Waals surface area contributed by atoms with Crippen molar-refractivity contribution < 1.29 is 71.0 Å². The Hall–Kier alpha value is 0.889. The second-order valence-electron chi connectivity index (χ2n) is 9.86. The fourth-order valence-electron chi connectivity index (χ4n) is 5.51. The summed E-state index contributed by atoms with van der Waals surface area (Å²) in [6, 6.07) is 16.2. The van der Waals surface area contributed by atoms with Crippen LogP contribution in [0.25, 0.3) is 11.3 Å². The molecule has 0 saturated heterocycles. The van der Waals surface area contributed by atoms with Crippen molar-refractivity contribution in [3.8, 4) is 11.3 Å². The molecule has 0 saturated carbocycles. The quantitative estimate of drug-likeness (QED) is 0.245. The van der Waals surface area contributed by atoms with Crippen molar-refractivity contribution in [2.24, 2.45) is 0 Å². The zero-order chi connectivity index (χ0) is 19.1. The Morgan fingerprint density at radius 2 is 1.24 bits per heavy atom. The van der Waals surface area contributed by atoms with E-state index in [0.717, 1.165) is 11.3 Å². The molecule has 0 N–H and O–H groups in total. The van der Waals surface area contributed by atoms with E-state index in [9.17, 15) is 0 Å². The smallest absolute Gasteiger partial charge is 0.0756 e. The van der Waals surface area contributed by atoms with Gasteiger partial charge in [-0.15, -0.1) is 29.8 Å². The van der Waals surface area contributed by atoms with Crippen LogP contribution < -0.4 is 56.2 Å². The molecule has 0 unspecified atom stereocenters. The molecule has 0 aliphatic carbocycles. The first kappa shape index (κ1) is 34.5. The van der Waals surface area contributed by atoms with Gasteiger partial charge in [0, 0.05) is 38.9 Å². The van der Waals surface area contributed by atoms with Crippen LogP contribution in [-0.2, 0) is 20.1 Å². The standard InChI is InChI=1S/C23H34NP.3BrH.Ir/c1-21(2,3)25(22(4,5)6,23(7,8)9)19-14-12-13-18(17-19)20-15-10-11-16-24-20;;;;/h10-12,14-17H,1-9H3;3*1H;/p-3. The first-order chi connectivity index (χ1) is 11.3. The zero-order valence-electron chi connectivity index (χ0n) is 18.9. The molecule has 2 aromatic rings. The van der Waals surface area contributed by atoms with Crippen molar-refractivity contribution in [1.82, 2.24) is 4.98 Å². The molecule has 0 atom stereocenters. The minimum Gasteiger partial charge on any atom is -1.00 e. The maximum Gasteiger partial charge on any atom is 0.0756 e. The Labute approximate surface area is 224 Å². The normalized spacial score (nSPS) is 11.9. The van der Waals surface area contributed by atoms with Crippen molar-refractivity contribution in [2.75, 3.05) is 0 Å². The van der Waals surface area contributed by atoms with Gasteiger partial charge < -0.3 is 55.9 Å².